The average Bonchev–Trinajstić information content (AvgIpc) is 2.75. The number of nitrogens with one attached hydrogen (secondary N) is 1. The Bertz CT molecular complexity index is 977. The maximum absolute atomic E-state index is 13.1. The van der Waals surface area contributed by atoms with E-state index in [4.69, 9.17) is 0 Å². The van der Waals surface area contributed by atoms with E-state index in [0.717, 1.165) is 0 Å². The van der Waals surface area contributed by atoms with Crippen molar-refractivity contribution in [1.29, 1.82) is 0 Å². The normalized spacial score (nSPS) is 17.7. The number of amides is 2. The molecular weight excluding hydrogens is 409 g/mol. The highest BCUT2D eigenvalue weighted by Crippen LogP contribution is 2.29. The summed E-state index contributed by atoms with van der Waals surface area (Å²) in [5.41, 5.74) is 1.35. The highest BCUT2D eigenvalue weighted by Gasteiger charge is 2.35. The molecule has 1 heterocycles. The Hall–Kier alpha value is -3.20. The summed E-state index contributed by atoms with van der Waals surface area (Å²) in [4.78, 5) is 42.7. The van der Waals surface area contributed by atoms with Crippen molar-refractivity contribution in [2.75, 3.05) is 19.0 Å². The smallest absolute Gasteiger partial charge is 0.337 e. The van der Waals surface area contributed by atoms with Gasteiger partial charge in [-0.25, -0.2) is 14.2 Å². The minimum absolute atomic E-state index is 0.0347. The predicted octanol–water partition coefficient (Wildman–Crippen LogP) is 3.59. The Labute approximate surface area is 177 Å². The highest BCUT2D eigenvalue weighted by atomic mass is 32.2. The van der Waals surface area contributed by atoms with E-state index in [1.807, 2.05) is 6.92 Å². The molecule has 0 aliphatic carbocycles. The van der Waals surface area contributed by atoms with E-state index in [2.05, 4.69) is 15.0 Å². The monoisotopic (exact) mass is 429 g/mol. The predicted molar refractivity (Wildman–Crippen MR) is 113 cm³/mol. The molecule has 1 aliphatic rings. The Kier molecular flexibility index (Phi) is 6.83. The van der Waals surface area contributed by atoms with E-state index in [1.165, 1.54) is 48.0 Å². The highest BCUT2D eigenvalue weighted by molar-refractivity contribution is 8.15. The van der Waals surface area contributed by atoms with Crippen LogP contribution in [0.25, 0.3) is 0 Å². The largest absolute Gasteiger partial charge is 0.465 e. The molecule has 1 atom stereocenters. The van der Waals surface area contributed by atoms with Crippen LogP contribution in [-0.4, -0.2) is 46.8 Å². The number of thioether (sulfide) groups is 1. The van der Waals surface area contributed by atoms with Crippen molar-refractivity contribution in [3.05, 3.63) is 59.9 Å². The van der Waals surface area contributed by atoms with Crippen molar-refractivity contribution >= 4 is 46.1 Å². The molecule has 7 nitrogen and oxygen atoms in total. The van der Waals surface area contributed by atoms with Crippen LogP contribution < -0.4 is 5.32 Å². The van der Waals surface area contributed by atoms with Crippen LogP contribution in [0.2, 0.25) is 0 Å². The molecule has 1 unspecified atom stereocenters. The van der Waals surface area contributed by atoms with Gasteiger partial charge in [0.05, 0.1) is 18.4 Å². The number of carbonyl (C=O) groups excluding carboxylic acids is 3. The van der Waals surface area contributed by atoms with Crippen LogP contribution in [-0.2, 0) is 14.3 Å². The summed E-state index contributed by atoms with van der Waals surface area (Å²) >= 11 is 1.18. The van der Waals surface area contributed by atoms with Gasteiger partial charge in [-0.15, -0.1) is 0 Å². The van der Waals surface area contributed by atoms with Gasteiger partial charge in [0, 0.05) is 18.7 Å². The van der Waals surface area contributed by atoms with Crippen molar-refractivity contribution < 1.29 is 23.5 Å². The van der Waals surface area contributed by atoms with Crippen LogP contribution in [0.15, 0.2) is 53.5 Å². The molecule has 2 aromatic carbocycles. The zero-order valence-electron chi connectivity index (χ0n) is 16.4. The number of aliphatic imine (C=N–C) groups is 1. The summed E-state index contributed by atoms with van der Waals surface area (Å²) in [6.07, 6.45) is 0.0347. The number of nitrogens with zero attached hydrogens (tertiary/aromatic N) is 2. The van der Waals surface area contributed by atoms with Crippen LogP contribution in [0.3, 0.4) is 0 Å². The summed E-state index contributed by atoms with van der Waals surface area (Å²) < 4.78 is 17.8. The number of esters is 1. The molecule has 9 heteroatoms. The molecule has 0 aromatic heterocycles. The minimum Gasteiger partial charge on any atom is -0.465 e. The molecule has 0 saturated carbocycles. The van der Waals surface area contributed by atoms with Crippen molar-refractivity contribution in [2.45, 2.75) is 18.6 Å². The van der Waals surface area contributed by atoms with Crippen LogP contribution in [0.4, 0.5) is 15.8 Å². The summed E-state index contributed by atoms with van der Waals surface area (Å²) in [5, 5.41) is 2.48. The van der Waals surface area contributed by atoms with Crippen molar-refractivity contribution in [3.63, 3.8) is 0 Å². The van der Waals surface area contributed by atoms with Gasteiger partial charge in [0.1, 0.15) is 11.1 Å². The summed E-state index contributed by atoms with van der Waals surface area (Å²) in [5.74, 6) is -1.41. The molecular formula is C21H20FN3O4S. The fourth-order valence-corrected chi connectivity index (χ4v) is 3.97. The third kappa shape index (κ3) is 5.04. The van der Waals surface area contributed by atoms with Crippen molar-refractivity contribution in [3.8, 4) is 0 Å². The minimum atomic E-state index is -0.667. The molecule has 1 saturated heterocycles. The first-order valence-corrected chi connectivity index (χ1v) is 10.1. The quantitative estimate of drug-likeness (QED) is 0.734. The molecule has 30 heavy (non-hydrogen) atoms. The second-order valence-corrected chi connectivity index (χ2v) is 7.55. The lowest BCUT2D eigenvalue weighted by molar-refractivity contribution is -0.129. The van der Waals surface area contributed by atoms with Gasteiger partial charge in [0.15, 0.2) is 5.17 Å². The van der Waals surface area contributed by atoms with E-state index < -0.39 is 11.2 Å². The Morgan fingerprint density at radius 3 is 2.47 bits per heavy atom. The Morgan fingerprint density at radius 2 is 1.87 bits per heavy atom. The molecule has 156 valence electrons. The van der Waals surface area contributed by atoms with Gasteiger partial charge in [-0.05, 0) is 55.5 Å². The molecule has 0 bridgehead atoms. The fraction of sp³-hybridized carbons (Fsp3) is 0.238. The van der Waals surface area contributed by atoms with Crippen LogP contribution >= 0.6 is 11.8 Å². The molecule has 3 rings (SSSR count). The number of methoxy groups -OCH3 is 1. The second kappa shape index (κ2) is 9.53. The topological polar surface area (TPSA) is 88.1 Å². The summed E-state index contributed by atoms with van der Waals surface area (Å²) in [6.45, 7) is 2.23. The van der Waals surface area contributed by atoms with Crippen LogP contribution in [0.5, 0.6) is 0 Å². The Morgan fingerprint density at radius 1 is 1.20 bits per heavy atom. The number of hydrogen-bond donors (Lipinski definition) is 1. The van der Waals surface area contributed by atoms with E-state index in [0.29, 0.717) is 28.7 Å². The number of carbonyl (C=O) groups is 3. The molecule has 0 spiro atoms. The first-order chi connectivity index (χ1) is 14.4. The van der Waals surface area contributed by atoms with Crippen molar-refractivity contribution in [1.82, 2.24) is 4.90 Å². The lowest BCUT2D eigenvalue weighted by atomic mass is 10.2. The fourth-order valence-electron chi connectivity index (χ4n) is 2.81. The Balaban J connectivity index is 1.75. The number of anilines is 1. The van der Waals surface area contributed by atoms with Crippen molar-refractivity contribution in [2.24, 2.45) is 4.99 Å². The van der Waals surface area contributed by atoms with Gasteiger partial charge in [0.2, 0.25) is 11.8 Å². The summed E-state index contributed by atoms with van der Waals surface area (Å²) in [6, 6.07) is 11.8. The molecule has 2 amide bonds. The van der Waals surface area contributed by atoms with E-state index >= 15 is 0 Å². The number of amidine groups is 1. The van der Waals surface area contributed by atoms with E-state index in [9.17, 15) is 18.8 Å². The molecule has 0 radical (unpaired) electrons. The van der Waals surface area contributed by atoms with Gasteiger partial charge in [-0.2, -0.15) is 0 Å². The number of benzene rings is 2. The number of halogens is 1. The molecule has 2 aromatic rings. The van der Waals surface area contributed by atoms with Gasteiger partial charge in [-0.1, -0.05) is 11.8 Å². The van der Waals surface area contributed by atoms with Gasteiger partial charge in [0.25, 0.3) is 0 Å². The van der Waals surface area contributed by atoms with E-state index in [-0.39, 0.29) is 24.1 Å². The summed E-state index contributed by atoms with van der Waals surface area (Å²) in [7, 11) is 1.29. The third-order valence-corrected chi connectivity index (χ3v) is 5.56. The first-order valence-electron chi connectivity index (χ1n) is 9.21. The standard InChI is InChI=1S/C21H20FN3O4S/c1-3-25-18(26)12-17(30-21(25)24-16-10-6-14(22)7-11-16)19(27)23-15-8-4-13(5-9-15)20(28)29-2/h4-11,17H,3,12H2,1-2H3,(H,23,27). The third-order valence-electron chi connectivity index (χ3n) is 4.37. The van der Waals surface area contributed by atoms with Gasteiger partial charge < -0.3 is 10.1 Å². The van der Waals surface area contributed by atoms with Crippen LogP contribution in [0.1, 0.15) is 23.7 Å². The molecule has 1 N–H and O–H groups in total. The zero-order valence-corrected chi connectivity index (χ0v) is 17.2. The van der Waals surface area contributed by atoms with E-state index in [1.54, 1.807) is 24.3 Å². The SMILES string of the molecule is CCN1C(=O)CC(C(=O)Nc2ccc(C(=O)OC)cc2)SC1=Nc1ccc(F)cc1. The maximum atomic E-state index is 13.1. The number of ether oxygens (including phenoxy) is 1. The lowest BCUT2D eigenvalue weighted by Crippen LogP contribution is -2.45. The first kappa shape index (κ1) is 21.5. The average molecular weight is 429 g/mol. The van der Waals surface area contributed by atoms with Crippen LogP contribution in [0, 0.1) is 5.82 Å². The maximum Gasteiger partial charge on any atom is 0.337 e. The molecule has 1 fully saturated rings. The second-order valence-electron chi connectivity index (χ2n) is 6.38. The van der Waals surface area contributed by atoms with Gasteiger partial charge >= 0.3 is 5.97 Å². The zero-order chi connectivity index (χ0) is 21.7. The van der Waals surface area contributed by atoms with Gasteiger partial charge in [-0.3, -0.25) is 14.5 Å². The number of rotatable bonds is 5. The number of hydrogen-bond acceptors (Lipinski definition) is 6. The lowest BCUT2D eigenvalue weighted by Gasteiger charge is -2.30. The molecule has 1 aliphatic heterocycles.